The van der Waals surface area contributed by atoms with Crippen LogP contribution in [-0.2, 0) is 17.1 Å². The molecule has 18 nitrogen and oxygen atoms in total. The Morgan fingerprint density at radius 3 is 0.636 bits per heavy atom. The van der Waals surface area contributed by atoms with E-state index in [1.165, 1.54) is 38.0 Å². The number of hydrogen-bond acceptors (Lipinski definition) is 12. The first kappa shape index (κ1) is 21.7. The molecule has 0 aliphatic rings. The fourth-order valence-corrected chi connectivity index (χ4v) is 3.16. The van der Waals surface area contributed by atoms with Crippen molar-refractivity contribution in [2.45, 2.75) is 0 Å². The van der Waals surface area contributed by atoms with Crippen molar-refractivity contribution >= 4 is 14.2 Å². The monoisotopic (exact) mass is 488 g/mol. The zero-order valence-corrected chi connectivity index (χ0v) is 17.8. The Kier molecular flexibility index (Phi) is 6.71. The van der Waals surface area contributed by atoms with E-state index in [2.05, 4.69) is 60.5 Å². The smallest absolute Gasteiger partial charge is 0.386 e. The third kappa shape index (κ3) is 4.72. The second kappa shape index (κ2) is 10.2. The van der Waals surface area contributed by atoms with Crippen molar-refractivity contribution in [3.8, 4) is 0 Å². The summed E-state index contributed by atoms with van der Waals surface area (Å²) in [5, 5.41) is 24.6. The van der Waals surface area contributed by atoms with Crippen molar-refractivity contribution in [3.05, 3.63) is 75.9 Å². The van der Waals surface area contributed by atoms with E-state index in [9.17, 15) is 0 Å². The first-order chi connectivity index (χ1) is 15.9. The summed E-state index contributed by atoms with van der Waals surface area (Å²) in [6.45, 7) is 0. The largest absolute Gasteiger partial charge is 2.00 e. The van der Waals surface area contributed by atoms with Gasteiger partial charge in [-0.05, 0) is 0 Å². The van der Waals surface area contributed by atoms with E-state index in [4.69, 9.17) is 0 Å². The van der Waals surface area contributed by atoms with E-state index in [1.54, 1.807) is 65.5 Å². The van der Waals surface area contributed by atoms with Crippen LogP contribution in [0.4, 0.5) is 0 Å². The maximum absolute atomic E-state index is 4.09. The molecule has 21 heteroatoms. The van der Waals surface area contributed by atoms with Crippen LogP contribution in [0.3, 0.4) is 0 Å². The molecule has 6 rings (SSSR count). The fourth-order valence-electron chi connectivity index (χ4n) is 3.16. The van der Waals surface area contributed by atoms with Crippen LogP contribution in [0.15, 0.2) is 75.9 Å². The molecule has 33 heavy (non-hydrogen) atoms. The molecule has 0 saturated heterocycles. The molecule has 0 spiro atoms. The molecule has 0 aliphatic heterocycles. The number of aromatic nitrogens is 18. The van der Waals surface area contributed by atoms with Gasteiger partial charge in [-0.25, -0.2) is 60.5 Å². The Hall–Kier alpha value is -4.51. The molecule has 0 N–H and O–H groups in total. The third-order valence-corrected chi connectivity index (χ3v) is 4.54. The molecule has 0 amide bonds. The summed E-state index contributed by atoms with van der Waals surface area (Å²) >= 11 is 0. The summed E-state index contributed by atoms with van der Waals surface area (Å²) < 4.78 is 10.1. The van der Waals surface area contributed by atoms with Gasteiger partial charge in [0.1, 0.15) is 38.0 Å². The number of rotatable bonds is 6. The van der Waals surface area contributed by atoms with Crippen molar-refractivity contribution in [2.24, 2.45) is 0 Å². The molecular formula is C12H14B2FeN18. The van der Waals surface area contributed by atoms with Gasteiger partial charge >= 0.3 is 31.3 Å². The van der Waals surface area contributed by atoms with Gasteiger partial charge in [0.2, 0.25) is 0 Å². The molecule has 6 aromatic rings. The Morgan fingerprint density at radius 1 is 0.333 bits per heavy atom. The molecule has 0 bridgehead atoms. The van der Waals surface area contributed by atoms with Gasteiger partial charge in [0.05, 0.1) is 38.0 Å². The standard InChI is InChI=1S/2C6H7BN9.Fe/c2*1-8-4-14(11-1)7(15-5-9-2-12-15)16-6-10-3-13-16;/h2*1-7H;/q2*-1;+2. The van der Waals surface area contributed by atoms with Gasteiger partial charge in [0.25, 0.3) is 0 Å². The van der Waals surface area contributed by atoms with Crippen molar-refractivity contribution in [2.75, 3.05) is 0 Å². The molecule has 0 aliphatic carbocycles. The van der Waals surface area contributed by atoms with Gasteiger partial charge in [-0.3, -0.25) is 0 Å². The van der Waals surface area contributed by atoms with Gasteiger partial charge in [0, 0.05) is 0 Å². The molecule has 0 atom stereocenters. The van der Waals surface area contributed by atoms with Crippen molar-refractivity contribution in [1.29, 1.82) is 0 Å². The Morgan fingerprint density at radius 2 is 0.515 bits per heavy atom. The Balaban J connectivity index is 0.000000152. The van der Waals surface area contributed by atoms with Crippen molar-refractivity contribution < 1.29 is 17.1 Å². The summed E-state index contributed by atoms with van der Waals surface area (Å²) in [6.07, 6.45) is 18.5. The normalized spacial score (nSPS) is 10.7. The van der Waals surface area contributed by atoms with Crippen LogP contribution in [0.1, 0.15) is 0 Å². The average Bonchev–Trinajstić information content (AvgIpc) is 3.67. The molecule has 0 unspecified atom stereocenters. The second-order valence-corrected chi connectivity index (χ2v) is 6.46. The minimum absolute atomic E-state index is 0. The first-order valence-electron chi connectivity index (χ1n) is 9.29. The zero-order chi connectivity index (χ0) is 21.6. The minimum Gasteiger partial charge on any atom is -0.386 e. The van der Waals surface area contributed by atoms with Crippen LogP contribution >= 0.6 is 0 Å². The Bertz CT molecular complexity index is 1000. The molecule has 0 saturated carbocycles. The zero-order valence-electron chi connectivity index (χ0n) is 16.7. The van der Waals surface area contributed by atoms with Crippen molar-refractivity contribution in [3.63, 3.8) is 0 Å². The van der Waals surface area contributed by atoms with Crippen LogP contribution < -0.4 is 0 Å². The summed E-state index contributed by atoms with van der Waals surface area (Å²) in [7, 11) is -2.63. The molecule has 0 fully saturated rings. The second-order valence-electron chi connectivity index (χ2n) is 6.46. The van der Waals surface area contributed by atoms with Gasteiger partial charge in [-0.2, -0.15) is 0 Å². The van der Waals surface area contributed by atoms with Crippen LogP contribution in [0.5, 0.6) is 0 Å². The van der Waals surface area contributed by atoms with Crippen molar-refractivity contribution in [1.82, 2.24) is 88.1 Å². The van der Waals surface area contributed by atoms with Crippen LogP contribution in [-0.4, -0.2) is 102 Å². The first-order valence-corrected chi connectivity index (χ1v) is 9.29. The summed E-state index contributed by atoms with van der Waals surface area (Å²) in [6, 6.07) is 0. The minimum atomic E-state index is -1.31. The number of nitrogens with zero attached hydrogens (tertiary/aromatic N) is 18. The van der Waals surface area contributed by atoms with E-state index in [-0.39, 0.29) is 17.1 Å². The quantitative estimate of drug-likeness (QED) is 0.209. The fraction of sp³-hybridized carbons (Fsp3) is 0. The molecular weight excluding hydrogens is 474 g/mol. The van der Waals surface area contributed by atoms with E-state index >= 15 is 0 Å². The van der Waals surface area contributed by atoms with E-state index in [1.807, 2.05) is 0 Å². The van der Waals surface area contributed by atoms with E-state index in [0.717, 1.165) is 0 Å². The third-order valence-electron chi connectivity index (χ3n) is 4.54. The molecule has 0 aromatic carbocycles. The van der Waals surface area contributed by atoms with E-state index in [0.29, 0.717) is 0 Å². The van der Waals surface area contributed by atoms with Gasteiger partial charge in [-0.1, -0.05) is 0 Å². The molecule has 0 radical (unpaired) electrons. The van der Waals surface area contributed by atoms with Crippen LogP contribution in [0, 0.1) is 0 Å². The van der Waals surface area contributed by atoms with Gasteiger partial charge in [-0.15, -0.1) is 0 Å². The number of hydrogen-bond donors (Lipinski definition) is 0. The van der Waals surface area contributed by atoms with Crippen LogP contribution in [0.2, 0.25) is 0 Å². The van der Waals surface area contributed by atoms with Crippen LogP contribution in [0.25, 0.3) is 0 Å². The summed E-state index contributed by atoms with van der Waals surface area (Å²) in [5.41, 5.74) is 0. The van der Waals surface area contributed by atoms with Gasteiger partial charge in [0.15, 0.2) is 0 Å². The SMILES string of the molecule is [Fe+2].c1ncn([BH-](n2cncn2)n2cncn2)n1.c1ncn([BH-](n2cncn2)n2cncn2)n1. The van der Waals surface area contributed by atoms with E-state index < -0.39 is 14.2 Å². The summed E-state index contributed by atoms with van der Waals surface area (Å²) in [5.74, 6) is 0. The van der Waals surface area contributed by atoms with Gasteiger partial charge < -0.3 is 27.6 Å². The molecule has 6 heterocycles. The maximum Gasteiger partial charge on any atom is 2.00 e. The maximum atomic E-state index is 4.09. The average molecular weight is 488 g/mol. The molecule has 166 valence electrons. The molecule has 6 aromatic heterocycles. The predicted octanol–water partition coefficient (Wildman–Crippen LogP) is -3.76. The summed E-state index contributed by atoms with van der Waals surface area (Å²) in [4.78, 5) is 23.5. The topological polar surface area (TPSA) is 184 Å². The predicted molar refractivity (Wildman–Crippen MR) is 107 cm³/mol. The Labute approximate surface area is 195 Å².